The molecule has 0 unspecified atom stereocenters. The lowest BCUT2D eigenvalue weighted by Crippen LogP contribution is -2.10. The maximum absolute atomic E-state index is 12.0. The minimum Gasteiger partial charge on any atom is -0.321 e. The third-order valence-corrected chi connectivity index (χ3v) is 4.30. The maximum Gasteiger partial charge on any atom is 0.267 e. The van der Waals surface area contributed by atoms with Gasteiger partial charge in [0.15, 0.2) is 0 Å². The van der Waals surface area contributed by atoms with Crippen molar-refractivity contribution in [2.45, 2.75) is 13.3 Å². The van der Waals surface area contributed by atoms with E-state index in [1.807, 2.05) is 24.4 Å². The summed E-state index contributed by atoms with van der Waals surface area (Å²) in [7, 11) is 0. The van der Waals surface area contributed by atoms with E-state index >= 15 is 0 Å². The number of carbonyl (C=O) groups is 1. The molecule has 2 aromatic rings. The Kier molecular flexibility index (Phi) is 4.20. The van der Waals surface area contributed by atoms with Crippen molar-refractivity contribution in [2.24, 2.45) is 0 Å². The number of nitrogens with one attached hydrogen (secondary N) is 1. The number of amides is 1. The Labute approximate surface area is 120 Å². The topological polar surface area (TPSA) is 52.9 Å². The first-order valence-electron chi connectivity index (χ1n) is 5.62. The Morgan fingerprint density at radius 2 is 2.11 bits per heavy atom. The lowest BCUT2D eigenvalue weighted by molar-refractivity contribution is 0.103. The summed E-state index contributed by atoms with van der Waals surface area (Å²) in [5.74, 6) is -0.212. The number of nitrogens with zero attached hydrogens (tertiary/aromatic N) is 1. The minimum absolute atomic E-state index is 0.212. The molecule has 1 aromatic heterocycles. The molecule has 96 valence electrons. The lowest BCUT2D eigenvalue weighted by atomic mass is 10.1. The second-order valence-electron chi connectivity index (χ2n) is 4.05. The third-order valence-electron chi connectivity index (χ3n) is 2.60. The summed E-state index contributed by atoms with van der Waals surface area (Å²) in [4.78, 5) is 12.5. The van der Waals surface area contributed by atoms with E-state index in [0.717, 1.165) is 11.1 Å². The van der Waals surface area contributed by atoms with Gasteiger partial charge < -0.3 is 5.32 Å². The van der Waals surface area contributed by atoms with Crippen LogP contribution in [-0.4, -0.2) is 5.91 Å². The summed E-state index contributed by atoms with van der Waals surface area (Å²) in [5.41, 5.74) is 2.51. The van der Waals surface area contributed by atoms with Crippen LogP contribution in [-0.2, 0) is 6.42 Å². The molecular weight excluding hydrogens is 280 g/mol. The summed E-state index contributed by atoms with van der Waals surface area (Å²) in [6.07, 6.45) is 0.365. The van der Waals surface area contributed by atoms with Crippen LogP contribution in [0, 0.1) is 18.3 Å². The predicted molar refractivity (Wildman–Crippen MR) is 77.8 cm³/mol. The van der Waals surface area contributed by atoms with Gasteiger partial charge in [-0.25, -0.2) is 0 Å². The van der Waals surface area contributed by atoms with Gasteiger partial charge in [-0.1, -0.05) is 23.7 Å². The molecule has 0 aliphatic heterocycles. The standard InChI is InChI=1S/C14H11ClN2OS/c1-9-8-19-13(12(9)15)14(18)17-11-4-2-10(3-5-11)6-7-16/h2-5,8H,6H2,1H3,(H,17,18). The van der Waals surface area contributed by atoms with Gasteiger partial charge in [0, 0.05) is 5.69 Å². The van der Waals surface area contributed by atoms with Gasteiger partial charge in [-0.3, -0.25) is 4.79 Å². The van der Waals surface area contributed by atoms with Crippen LogP contribution in [0.2, 0.25) is 5.02 Å². The van der Waals surface area contributed by atoms with Crippen molar-refractivity contribution in [3.05, 3.63) is 50.7 Å². The highest BCUT2D eigenvalue weighted by Crippen LogP contribution is 2.27. The minimum atomic E-state index is -0.212. The molecular formula is C14H11ClN2OS. The van der Waals surface area contributed by atoms with E-state index in [-0.39, 0.29) is 5.91 Å². The van der Waals surface area contributed by atoms with E-state index in [4.69, 9.17) is 16.9 Å². The van der Waals surface area contributed by atoms with Crippen molar-refractivity contribution in [3.8, 4) is 6.07 Å². The van der Waals surface area contributed by atoms with E-state index in [1.165, 1.54) is 11.3 Å². The molecule has 1 heterocycles. The zero-order chi connectivity index (χ0) is 13.8. The SMILES string of the molecule is Cc1csc(C(=O)Nc2ccc(CC#N)cc2)c1Cl. The molecule has 2 rings (SSSR count). The van der Waals surface area contributed by atoms with Gasteiger partial charge in [0.05, 0.1) is 17.5 Å². The van der Waals surface area contributed by atoms with E-state index < -0.39 is 0 Å². The molecule has 0 fully saturated rings. The predicted octanol–water partition coefficient (Wildman–Crippen LogP) is 4.03. The number of hydrogen-bond acceptors (Lipinski definition) is 3. The fourth-order valence-electron chi connectivity index (χ4n) is 1.57. The summed E-state index contributed by atoms with van der Waals surface area (Å²) < 4.78 is 0. The summed E-state index contributed by atoms with van der Waals surface area (Å²) in [6, 6.07) is 9.27. The monoisotopic (exact) mass is 290 g/mol. The number of nitriles is 1. The number of halogens is 1. The van der Waals surface area contributed by atoms with Crippen molar-refractivity contribution in [1.29, 1.82) is 5.26 Å². The van der Waals surface area contributed by atoms with E-state index in [2.05, 4.69) is 11.4 Å². The largest absolute Gasteiger partial charge is 0.321 e. The smallest absolute Gasteiger partial charge is 0.267 e. The molecule has 1 aromatic carbocycles. The van der Waals surface area contributed by atoms with Crippen LogP contribution in [0.1, 0.15) is 20.8 Å². The van der Waals surface area contributed by atoms with Crippen LogP contribution in [0.4, 0.5) is 5.69 Å². The Morgan fingerprint density at radius 3 is 2.63 bits per heavy atom. The molecule has 0 radical (unpaired) electrons. The Morgan fingerprint density at radius 1 is 1.42 bits per heavy atom. The first-order valence-corrected chi connectivity index (χ1v) is 6.88. The normalized spacial score (nSPS) is 9.95. The molecule has 0 saturated heterocycles. The zero-order valence-corrected chi connectivity index (χ0v) is 11.8. The summed E-state index contributed by atoms with van der Waals surface area (Å²) in [6.45, 7) is 1.87. The van der Waals surface area contributed by atoms with Crippen molar-refractivity contribution in [1.82, 2.24) is 0 Å². The van der Waals surface area contributed by atoms with E-state index in [1.54, 1.807) is 12.1 Å². The molecule has 0 spiro atoms. The van der Waals surface area contributed by atoms with Crippen molar-refractivity contribution in [2.75, 3.05) is 5.32 Å². The summed E-state index contributed by atoms with van der Waals surface area (Å²) >= 11 is 7.38. The first-order chi connectivity index (χ1) is 9.11. The van der Waals surface area contributed by atoms with Crippen LogP contribution in [0.25, 0.3) is 0 Å². The maximum atomic E-state index is 12.0. The highest BCUT2D eigenvalue weighted by atomic mass is 35.5. The number of hydrogen-bond donors (Lipinski definition) is 1. The fourth-order valence-corrected chi connectivity index (χ4v) is 2.74. The molecule has 0 saturated carbocycles. The van der Waals surface area contributed by atoms with Crippen molar-refractivity contribution in [3.63, 3.8) is 0 Å². The van der Waals surface area contributed by atoms with Gasteiger partial charge in [-0.2, -0.15) is 5.26 Å². The quantitative estimate of drug-likeness (QED) is 0.928. The molecule has 0 bridgehead atoms. The highest BCUT2D eigenvalue weighted by molar-refractivity contribution is 7.13. The number of rotatable bonds is 3. The molecule has 0 atom stereocenters. The van der Waals surface area contributed by atoms with Crippen LogP contribution in [0.3, 0.4) is 0 Å². The summed E-state index contributed by atoms with van der Waals surface area (Å²) in [5, 5.41) is 13.7. The van der Waals surface area contributed by atoms with Crippen LogP contribution < -0.4 is 5.32 Å². The van der Waals surface area contributed by atoms with Crippen LogP contribution >= 0.6 is 22.9 Å². The van der Waals surface area contributed by atoms with Gasteiger partial charge in [0.1, 0.15) is 4.88 Å². The molecule has 0 aliphatic rings. The fraction of sp³-hybridized carbons (Fsp3) is 0.143. The Balaban J connectivity index is 2.11. The van der Waals surface area contributed by atoms with Gasteiger partial charge >= 0.3 is 0 Å². The van der Waals surface area contributed by atoms with E-state index in [0.29, 0.717) is 22.0 Å². The number of carbonyl (C=O) groups excluding carboxylic acids is 1. The molecule has 19 heavy (non-hydrogen) atoms. The molecule has 0 aliphatic carbocycles. The van der Waals surface area contributed by atoms with Gasteiger partial charge in [-0.05, 0) is 35.6 Å². The number of aryl methyl sites for hydroxylation is 1. The van der Waals surface area contributed by atoms with Gasteiger partial charge in [0.25, 0.3) is 5.91 Å². The average Bonchev–Trinajstić information content (AvgIpc) is 2.73. The highest BCUT2D eigenvalue weighted by Gasteiger charge is 2.14. The van der Waals surface area contributed by atoms with Crippen LogP contribution in [0.15, 0.2) is 29.6 Å². The lowest BCUT2D eigenvalue weighted by Gasteiger charge is -2.04. The number of thiophene rings is 1. The van der Waals surface area contributed by atoms with Crippen LogP contribution in [0.5, 0.6) is 0 Å². The number of anilines is 1. The van der Waals surface area contributed by atoms with E-state index in [9.17, 15) is 4.79 Å². The second-order valence-corrected chi connectivity index (χ2v) is 5.31. The average molecular weight is 291 g/mol. The van der Waals surface area contributed by atoms with Crippen molar-refractivity contribution < 1.29 is 4.79 Å². The molecule has 5 heteroatoms. The Bertz CT molecular complexity index is 640. The number of benzene rings is 1. The molecule has 3 nitrogen and oxygen atoms in total. The third kappa shape index (κ3) is 3.14. The van der Waals surface area contributed by atoms with Crippen molar-refractivity contribution >= 4 is 34.5 Å². The molecule has 1 N–H and O–H groups in total. The zero-order valence-electron chi connectivity index (χ0n) is 10.2. The second kappa shape index (κ2) is 5.87. The Hall–Kier alpha value is -1.83. The first kappa shape index (κ1) is 13.6. The van der Waals surface area contributed by atoms with Gasteiger partial charge in [-0.15, -0.1) is 11.3 Å². The van der Waals surface area contributed by atoms with Gasteiger partial charge in [0.2, 0.25) is 0 Å². The molecule has 1 amide bonds.